The number of benzene rings is 1. The number of carbonyl (C=O) groups is 1. The number of hydrogen-bond acceptors (Lipinski definition) is 3. The lowest BCUT2D eigenvalue weighted by Gasteiger charge is -1.95. The van der Waals surface area contributed by atoms with E-state index in [2.05, 4.69) is 5.18 Å². The Labute approximate surface area is 64.0 Å². The van der Waals surface area contributed by atoms with E-state index in [4.69, 9.17) is 0 Å². The molecule has 0 atom stereocenters. The number of rotatable bonds is 2. The van der Waals surface area contributed by atoms with Gasteiger partial charge in [-0.25, -0.2) is 0 Å². The second-order valence-electron chi connectivity index (χ2n) is 2.27. The Morgan fingerprint density at radius 3 is 2.73 bits per heavy atom. The molecule has 0 aliphatic rings. The summed E-state index contributed by atoms with van der Waals surface area (Å²) in [4.78, 5) is 20.4. The molecule has 0 saturated carbocycles. The first-order valence-corrected chi connectivity index (χ1v) is 3.17. The summed E-state index contributed by atoms with van der Waals surface area (Å²) >= 11 is 0. The average molecular weight is 149 g/mol. The molecule has 0 saturated heterocycles. The summed E-state index contributed by atoms with van der Waals surface area (Å²) in [6, 6.07) is 4.92. The van der Waals surface area contributed by atoms with Gasteiger partial charge in [0.05, 0.1) is 0 Å². The first-order valence-electron chi connectivity index (χ1n) is 3.17. The third-order valence-electron chi connectivity index (χ3n) is 1.41. The van der Waals surface area contributed by atoms with Crippen molar-refractivity contribution in [1.82, 2.24) is 0 Å². The smallest absolute Gasteiger partial charge is 0.152 e. The minimum absolute atomic E-state index is 0.208. The van der Waals surface area contributed by atoms with Crippen molar-refractivity contribution >= 4 is 12.0 Å². The molecule has 0 amide bonds. The first-order chi connectivity index (χ1) is 5.27. The van der Waals surface area contributed by atoms with Crippen LogP contribution in [0.3, 0.4) is 0 Å². The van der Waals surface area contributed by atoms with Crippen molar-refractivity contribution in [3.63, 3.8) is 0 Å². The Hall–Kier alpha value is -1.51. The van der Waals surface area contributed by atoms with Gasteiger partial charge in [0.2, 0.25) is 0 Å². The van der Waals surface area contributed by atoms with Gasteiger partial charge in [-0.1, -0.05) is 6.07 Å². The van der Waals surface area contributed by atoms with E-state index < -0.39 is 0 Å². The zero-order valence-corrected chi connectivity index (χ0v) is 6.07. The summed E-state index contributed by atoms with van der Waals surface area (Å²) in [6.07, 6.45) is 0.621. The van der Waals surface area contributed by atoms with Gasteiger partial charge in [0.25, 0.3) is 0 Å². The van der Waals surface area contributed by atoms with Crippen LogP contribution >= 0.6 is 0 Å². The van der Waals surface area contributed by atoms with Crippen molar-refractivity contribution in [1.29, 1.82) is 0 Å². The van der Waals surface area contributed by atoms with Gasteiger partial charge >= 0.3 is 0 Å². The average Bonchev–Trinajstić information content (AvgIpc) is 2.04. The van der Waals surface area contributed by atoms with Crippen LogP contribution in [0.2, 0.25) is 0 Å². The Morgan fingerprint density at radius 1 is 1.45 bits per heavy atom. The van der Waals surface area contributed by atoms with Crippen LogP contribution in [0.15, 0.2) is 23.4 Å². The van der Waals surface area contributed by atoms with Crippen LogP contribution in [0.1, 0.15) is 15.9 Å². The second-order valence-corrected chi connectivity index (χ2v) is 2.27. The maximum absolute atomic E-state index is 10.3. The molecule has 11 heavy (non-hydrogen) atoms. The number of hydrogen-bond donors (Lipinski definition) is 0. The first kappa shape index (κ1) is 7.60. The van der Waals surface area contributed by atoms with Crippen LogP contribution < -0.4 is 0 Å². The highest BCUT2D eigenvalue weighted by Gasteiger charge is 1.99. The molecule has 0 fully saturated rings. The van der Waals surface area contributed by atoms with Gasteiger partial charge in [-0.2, -0.15) is 0 Å². The van der Waals surface area contributed by atoms with Gasteiger partial charge in [-0.15, -0.1) is 4.91 Å². The standard InChI is InChI=1S/C8H7NO2/c1-6-2-3-7(5-10)8(4-6)9-11/h2-5H,1H3. The van der Waals surface area contributed by atoms with Gasteiger partial charge in [0.15, 0.2) is 6.29 Å². The summed E-state index contributed by atoms with van der Waals surface area (Å²) < 4.78 is 0. The summed E-state index contributed by atoms with van der Waals surface area (Å²) in [5.74, 6) is 0. The summed E-state index contributed by atoms with van der Waals surface area (Å²) in [6.45, 7) is 1.84. The molecule has 0 unspecified atom stereocenters. The van der Waals surface area contributed by atoms with Crippen molar-refractivity contribution in [3.05, 3.63) is 34.2 Å². The van der Waals surface area contributed by atoms with E-state index in [0.717, 1.165) is 5.56 Å². The highest BCUT2D eigenvalue weighted by Crippen LogP contribution is 2.18. The van der Waals surface area contributed by atoms with E-state index in [0.29, 0.717) is 11.8 Å². The van der Waals surface area contributed by atoms with Crippen molar-refractivity contribution < 1.29 is 4.79 Å². The molecule has 0 aromatic heterocycles. The molecule has 0 aliphatic heterocycles. The lowest BCUT2D eigenvalue weighted by Crippen LogP contribution is -1.80. The molecular weight excluding hydrogens is 142 g/mol. The zero-order chi connectivity index (χ0) is 8.27. The predicted octanol–water partition coefficient (Wildman–Crippen LogP) is 2.21. The van der Waals surface area contributed by atoms with Gasteiger partial charge < -0.3 is 0 Å². The third-order valence-corrected chi connectivity index (χ3v) is 1.41. The van der Waals surface area contributed by atoms with Crippen LogP contribution in [0.4, 0.5) is 5.69 Å². The van der Waals surface area contributed by atoms with Crippen LogP contribution in [0.25, 0.3) is 0 Å². The number of aldehydes is 1. The normalized spacial score (nSPS) is 9.18. The molecule has 0 spiro atoms. The van der Waals surface area contributed by atoms with Crippen molar-refractivity contribution in [3.8, 4) is 0 Å². The third kappa shape index (κ3) is 1.49. The highest BCUT2D eigenvalue weighted by atomic mass is 16.3. The van der Waals surface area contributed by atoms with E-state index in [9.17, 15) is 9.70 Å². The fraction of sp³-hybridized carbons (Fsp3) is 0.125. The van der Waals surface area contributed by atoms with E-state index in [1.807, 2.05) is 6.92 Å². The van der Waals surface area contributed by atoms with Crippen LogP contribution in [-0.4, -0.2) is 6.29 Å². The molecule has 1 rings (SSSR count). The molecule has 1 aromatic rings. The van der Waals surface area contributed by atoms with Gasteiger partial charge in [-0.3, -0.25) is 4.79 Å². The van der Waals surface area contributed by atoms with Gasteiger partial charge in [0.1, 0.15) is 5.69 Å². The lowest BCUT2D eigenvalue weighted by atomic mass is 10.1. The Morgan fingerprint density at radius 2 is 2.18 bits per heavy atom. The van der Waals surface area contributed by atoms with E-state index >= 15 is 0 Å². The lowest BCUT2D eigenvalue weighted by molar-refractivity contribution is 0.112. The molecule has 0 radical (unpaired) electrons. The molecule has 3 nitrogen and oxygen atoms in total. The number of nitrogens with zero attached hydrogens (tertiary/aromatic N) is 1. The maximum atomic E-state index is 10.3. The SMILES string of the molecule is Cc1ccc(C=O)c(N=O)c1. The fourth-order valence-electron chi connectivity index (χ4n) is 0.832. The summed E-state index contributed by atoms with van der Waals surface area (Å²) in [7, 11) is 0. The largest absolute Gasteiger partial charge is 0.298 e. The second kappa shape index (κ2) is 3.05. The molecule has 0 N–H and O–H groups in total. The predicted molar refractivity (Wildman–Crippen MR) is 42.0 cm³/mol. The highest BCUT2D eigenvalue weighted by molar-refractivity contribution is 5.82. The topological polar surface area (TPSA) is 46.5 Å². The zero-order valence-electron chi connectivity index (χ0n) is 6.07. The molecule has 0 aliphatic carbocycles. The Bertz CT molecular complexity index is 294. The molecule has 56 valence electrons. The quantitative estimate of drug-likeness (QED) is 0.478. The van der Waals surface area contributed by atoms with Gasteiger partial charge in [0, 0.05) is 5.56 Å². The van der Waals surface area contributed by atoms with Gasteiger partial charge in [-0.05, 0) is 29.8 Å². The molecule has 3 heteroatoms. The van der Waals surface area contributed by atoms with Crippen LogP contribution in [0, 0.1) is 11.8 Å². The van der Waals surface area contributed by atoms with Crippen LogP contribution in [-0.2, 0) is 0 Å². The van der Waals surface area contributed by atoms with E-state index in [1.54, 1.807) is 18.2 Å². The minimum atomic E-state index is 0.208. The maximum Gasteiger partial charge on any atom is 0.152 e. The summed E-state index contributed by atoms with van der Waals surface area (Å²) in [5.41, 5.74) is 1.47. The van der Waals surface area contributed by atoms with Crippen molar-refractivity contribution in [2.45, 2.75) is 6.92 Å². The van der Waals surface area contributed by atoms with Crippen LogP contribution in [0.5, 0.6) is 0 Å². The monoisotopic (exact) mass is 149 g/mol. The van der Waals surface area contributed by atoms with E-state index in [-0.39, 0.29) is 5.69 Å². The number of aryl methyl sites for hydroxylation is 1. The summed E-state index contributed by atoms with van der Waals surface area (Å²) in [5, 5.41) is 2.72. The fourth-order valence-corrected chi connectivity index (χ4v) is 0.832. The Balaban J connectivity index is 3.26. The van der Waals surface area contributed by atoms with Crippen molar-refractivity contribution in [2.75, 3.05) is 0 Å². The number of nitroso groups, excluding NO2 is 1. The molecule has 1 aromatic carbocycles. The minimum Gasteiger partial charge on any atom is -0.298 e. The number of carbonyl (C=O) groups excluding carboxylic acids is 1. The Kier molecular flexibility index (Phi) is 2.11. The molecule has 0 bridgehead atoms. The molecule has 0 heterocycles. The van der Waals surface area contributed by atoms with Crippen molar-refractivity contribution in [2.24, 2.45) is 5.18 Å². The molecular formula is C8H7NO2. The van der Waals surface area contributed by atoms with E-state index in [1.165, 1.54) is 0 Å².